The Labute approximate surface area is 141 Å². The van der Waals surface area contributed by atoms with Gasteiger partial charge in [-0.05, 0) is 67.6 Å². The molecule has 3 unspecified atom stereocenters. The summed E-state index contributed by atoms with van der Waals surface area (Å²) in [5.41, 5.74) is 4.13. The normalized spacial score (nSPS) is 26.9. The molecule has 130 valence electrons. The Morgan fingerprint density at radius 1 is 1.14 bits per heavy atom. The van der Waals surface area contributed by atoms with Crippen LogP contribution < -0.4 is 0 Å². The van der Waals surface area contributed by atoms with Crippen LogP contribution in [0.5, 0.6) is 0 Å². The van der Waals surface area contributed by atoms with Crippen LogP contribution in [0.3, 0.4) is 0 Å². The van der Waals surface area contributed by atoms with Crippen molar-refractivity contribution in [3.8, 4) is 0 Å². The maximum atomic E-state index is 2.49. The molecule has 0 radical (unpaired) electrons. The van der Waals surface area contributed by atoms with Gasteiger partial charge in [-0.15, -0.1) is 0 Å². The summed E-state index contributed by atoms with van der Waals surface area (Å²) in [5, 5.41) is 0. The minimum absolute atomic E-state index is 0.455. The average Bonchev–Trinajstić information content (AvgIpc) is 2.42. The second-order valence-electron chi connectivity index (χ2n) is 9.20. The summed E-state index contributed by atoms with van der Waals surface area (Å²) in [5.74, 6) is 3.53. The van der Waals surface area contributed by atoms with Gasteiger partial charge in [0, 0.05) is 0 Å². The molecule has 0 heterocycles. The molecule has 0 aromatic carbocycles. The predicted molar refractivity (Wildman–Crippen MR) is 101 cm³/mol. The number of allylic oxidation sites excluding steroid dienone is 2. The molecule has 0 amide bonds. The third kappa shape index (κ3) is 5.43. The summed E-state index contributed by atoms with van der Waals surface area (Å²) < 4.78 is 0. The van der Waals surface area contributed by atoms with Gasteiger partial charge in [-0.3, -0.25) is 0 Å². The van der Waals surface area contributed by atoms with E-state index in [1.165, 1.54) is 44.9 Å². The highest BCUT2D eigenvalue weighted by molar-refractivity contribution is 5.22. The predicted octanol–water partition coefficient (Wildman–Crippen LogP) is 7.64. The van der Waals surface area contributed by atoms with Crippen molar-refractivity contribution < 1.29 is 0 Å². The standard InChI is InChI=1S/C22H42/c1-9-11-12-19(15-22(7,8)14-16(3)4)20(10-2)21-13-17(5)18(21)6/h16-18,21H,9-15H2,1-8H3. The highest BCUT2D eigenvalue weighted by Gasteiger charge is 2.37. The molecule has 0 aliphatic heterocycles. The number of hydrogen-bond acceptors (Lipinski definition) is 0. The lowest BCUT2D eigenvalue weighted by Crippen LogP contribution is -2.34. The van der Waals surface area contributed by atoms with E-state index >= 15 is 0 Å². The van der Waals surface area contributed by atoms with Gasteiger partial charge in [0.05, 0.1) is 0 Å². The lowest BCUT2D eigenvalue weighted by atomic mass is 9.61. The molecule has 3 atom stereocenters. The first-order valence-electron chi connectivity index (χ1n) is 9.92. The third-order valence-corrected chi connectivity index (χ3v) is 5.93. The van der Waals surface area contributed by atoms with Crippen molar-refractivity contribution in [2.45, 2.75) is 100 Å². The molecular weight excluding hydrogens is 264 g/mol. The largest absolute Gasteiger partial charge is 0.0702 e. The summed E-state index contributed by atoms with van der Waals surface area (Å²) in [6.07, 6.45) is 9.42. The molecule has 1 aliphatic rings. The van der Waals surface area contributed by atoms with Gasteiger partial charge in [-0.1, -0.05) is 73.0 Å². The molecule has 1 fully saturated rings. The molecule has 0 saturated heterocycles. The van der Waals surface area contributed by atoms with Crippen molar-refractivity contribution in [2.24, 2.45) is 29.1 Å². The SMILES string of the molecule is CCCCC(CC(C)(C)CC(C)C)=C(CC)C1CC(C)C1C. The van der Waals surface area contributed by atoms with E-state index in [0.29, 0.717) is 5.41 Å². The molecule has 0 spiro atoms. The minimum atomic E-state index is 0.455. The third-order valence-electron chi connectivity index (χ3n) is 5.93. The molecular formula is C22H42. The first-order chi connectivity index (χ1) is 10.2. The zero-order valence-corrected chi connectivity index (χ0v) is 16.8. The second kappa shape index (κ2) is 8.55. The van der Waals surface area contributed by atoms with E-state index < -0.39 is 0 Å². The summed E-state index contributed by atoms with van der Waals surface area (Å²) >= 11 is 0. The first-order valence-corrected chi connectivity index (χ1v) is 9.92. The smallest absolute Gasteiger partial charge is 0.0170 e. The fourth-order valence-corrected chi connectivity index (χ4v) is 4.77. The van der Waals surface area contributed by atoms with Crippen molar-refractivity contribution in [3.05, 3.63) is 11.1 Å². The maximum Gasteiger partial charge on any atom is -0.0170 e. The van der Waals surface area contributed by atoms with E-state index in [9.17, 15) is 0 Å². The molecule has 0 nitrogen and oxygen atoms in total. The van der Waals surface area contributed by atoms with Crippen molar-refractivity contribution in [1.29, 1.82) is 0 Å². The quantitative estimate of drug-likeness (QED) is 0.384. The molecule has 0 aromatic heterocycles. The van der Waals surface area contributed by atoms with Gasteiger partial charge in [0.2, 0.25) is 0 Å². The monoisotopic (exact) mass is 306 g/mol. The van der Waals surface area contributed by atoms with Crippen LogP contribution in [0.2, 0.25) is 0 Å². The maximum absolute atomic E-state index is 2.49. The Hall–Kier alpha value is -0.260. The minimum Gasteiger partial charge on any atom is -0.0702 e. The lowest BCUT2D eigenvalue weighted by Gasteiger charge is -2.44. The average molecular weight is 307 g/mol. The molecule has 0 aromatic rings. The highest BCUT2D eigenvalue weighted by atomic mass is 14.4. The van der Waals surface area contributed by atoms with Gasteiger partial charge in [0.15, 0.2) is 0 Å². The van der Waals surface area contributed by atoms with E-state index in [4.69, 9.17) is 0 Å². The van der Waals surface area contributed by atoms with Gasteiger partial charge < -0.3 is 0 Å². The molecule has 1 saturated carbocycles. The van der Waals surface area contributed by atoms with Gasteiger partial charge in [-0.2, -0.15) is 0 Å². The fraction of sp³-hybridized carbons (Fsp3) is 0.909. The van der Waals surface area contributed by atoms with E-state index in [-0.39, 0.29) is 0 Å². The number of rotatable bonds is 9. The fourth-order valence-electron chi connectivity index (χ4n) is 4.77. The number of unbranched alkanes of at least 4 members (excludes halogenated alkanes) is 1. The van der Waals surface area contributed by atoms with Crippen molar-refractivity contribution in [2.75, 3.05) is 0 Å². The highest BCUT2D eigenvalue weighted by Crippen LogP contribution is 2.48. The van der Waals surface area contributed by atoms with Crippen LogP contribution in [0.1, 0.15) is 100 Å². The number of hydrogen-bond donors (Lipinski definition) is 0. The Kier molecular flexibility index (Phi) is 7.69. The summed E-state index contributed by atoms with van der Waals surface area (Å²) in [6.45, 7) is 19.3. The van der Waals surface area contributed by atoms with Crippen molar-refractivity contribution in [3.63, 3.8) is 0 Å². The topological polar surface area (TPSA) is 0 Å². The summed E-state index contributed by atoms with van der Waals surface area (Å²) in [4.78, 5) is 0. The van der Waals surface area contributed by atoms with Crippen molar-refractivity contribution in [1.82, 2.24) is 0 Å². The Morgan fingerprint density at radius 3 is 2.18 bits per heavy atom. The van der Waals surface area contributed by atoms with Gasteiger partial charge >= 0.3 is 0 Å². The Morgan fingerprint density at radius 2 is 1.77 bits per heavy atom. The zero-order chi connectivity index (χ0) is 16.9. The van der Waals surface area contributed by atoms with Gasteiger partial charge in [-0.25, -0.2) is 0 Å². The van der Waals surface area contributed by atoms with Crippen molar-refractivity contribution >= 4 is 0 Å². The first kappa shape index (κ1) is 19.8. The molecule has 1 aliphatic carbocycles. The lowest BCUT2D eigenvalue weighted by molar-refractivity contribution is 0.129. The molecule has 0 N–H and O–H groups in total. The van der Waals surface area contributed by atoms with Gasteiger partial charge in [0.25, 0.3) is 0 Å². The second-order valence-corrected chi connectivity index (χ2v) is 9.20. The van der Waals surface area contributed by atoms with Crippen LogP contribution in [-0.4, -0.2) is 0 Å². The summed E-state index contributed by atoms with van der Waals surface area (Å²) in [6, 6.07) is 0. The molecule has 0 heteroatoms. The van der Waals surface area contributed by atoms with Crippen LogP contribution in [-0.2, 0) is 0 Å². The van der Waals surface area contributed by atoms with Crippen LogP contribution in [0.15, 0.2) is 11.1 Å². The van der Waals surface area contributed by atoms with E-state index in [0.717, 1.165) is 23.7 Å². The molecule has 22 heavy (non-hydrogen) atoms. The van der Waals surface area contributed by atoms with Crippen LogP contribution in [0, 0.1) is 29.1 Å². The van der Waals surface area contributed by atoms with E-state index in [1.807, 2.05) is 11.1 Å². The van der Waals surface area contributed by atoms with Crippen LogP contribution in [0.25, 0.3) is 0 Å². The Bertz CT molecular complexity index is 358. The van der Waals surface area contributed by atoms with Crippen LogP contribution >= 0.6 is 0 Å². The van der Waals surface area contributed by atoms with E-state index in [2.05, 4.69) is 55.4 Å². The van der Waals surface area contributed by atoms with Gasteiger partial charge in [0.1, 0.15) is 0 Å². The Balaban J connectivity index is 2.95. The van der Waals surface area contributed by atoms with Crippen LogP contribution in [0.4, 0.5) is 0 Å². The summed E-state index contributed by atoms with van der Waals surface area (Å²) in [7, 11) is 0. The van der Waals surface area contributed by atoms with E-state index in [1.54, 1.807) is 0 Å². The molecule has 0 bridgehead atoms. The molecule has 1 rings (SSSR count). The zero-order valence-electron chi connectivity index (χ0n) is 16.8.